The van der Waals surface area contributed by atoms with Crippen LogP contribution in [-0.4, -0.2) is 50.3 Å². The molecule has 0 radical (unpaired) electrons. The minimum atomic E-state index is 0.556. The van der Waals surface area contributed by atoms with Gasteiger partial charge >= 0.3 is 0 Å². The number of hydrogen-bond donors (Lipinski definition) is 1. The standard InChI is InChI=1S/C12H26N2O/c1-10(2)11(3)14(4)7-5-12-9-15-8-6-13-12/h10-13H,5-9H2,1-4H3. The van der Waals surface area contributed by atoms with Gasteiger partial charge in [-0.1, -0.05) is 13.8 Å². The molecule has 1 aliphatic heterocycles. The van der Waals surface area contributed by atoms with Crippen LogP contribution in [0, 0.1) is 5.92 Å². The average Bonchev–Trinajstić information content (AvgIpc) is 2.26. The van der Waals surface area contributed by atoms with Crippen LogP contribution < -0.4 is 5.32 Å². The Hall–Kier alpha value is -0.120. The van der Waals surface area contributed by atoms with Gasteiger partial charge in [-0.05, 0) is 32.9 Å². The van der Waals surface area contributed by atoms with Crippen LogP contribution in [0.15, 0.2) is 0 Å². The van der Waals surface area contributed by atoms with Crippen molar-refractivity contribution in [1.82, 2.24) is 10.2 Å². The van der Waals surface area contributed by atoms with E-state index in [1.165, 1.54) is 6.42 Å². The topological polar surface area (TPSA) is 24.5 Å². The van der Waals surface area contributed by atoms with Gasteiger partial charge in [-0.3, -0.25) is 0 Å². The molecule has 0 bridgehead atoms. The van der Waals surface area contributed by atoms with E-state index in [2.05, 4.69) is 38.0 Å². The van der Waals surface area contributed by atoms with Crippen LogP contribution in [0.5, 0.6) is 0 Å². The van der Waals surface area contributed by atoms with Gasteiger partial charge in [0, 0.05) is 18.6 Å². The highest BCUT2D eigenvalue weighted by Gasteiger charge is 2.16. The maximum atomic E-state index is 5.44. The second kappa shape index (κ2) is 6.46. The molecule has 1 rings (SSSR count). The predicted molar refractivity (Wildman–Crippen MR) is 64.2 cm³/mol. The molecule has 0 amide bonds. The van der Waals surface area contributed by atoms with E-state index in [0.29, 0.717) is 12.1 Å². The Morgan fingerprint density at radius 3 is 2.67 bits per heavy atom. The smallest absolute Gasteiger partial charge is 0.0620 e. The number of ether oxygens (including phenoxy) is 1. The first-order valence-electron chi connectivity index (χ1n) is 6.12. The number of nitrogens with zero attached hydrogens (tertiary/aromatic N) is 1. The van der Waals surface area contributed by atoms with Crippen molar-refractivity contribution in [2.45, 2.75) is 39.3 Å². The molecule has 3 nitrogen and oxygen atoms in total. The molecule has 0 aromatic rings. The third kappa shape index (κ3) is 4.49. The first-order valence-corrected chi connectivity index (χ1v) is 6.12. The summed E-state index contributed by atoms with van der Waals surface area (Å²) in [7, 11) is 2.22. The fourth-order valence-corrected chi connectivity index (χ4v) is 1.88. The van der Waals surface area contributed by atoms with Crippen molar-refractivity contribution in [3.05, 3.63) is 0 Å². The lowest BCUT2D eigenvalue weighted by Crippen LogP contribution is -2.44. The Kier molecular flexibility index (Phi) is 5.58. The summed E-state index contributed by atoms with van der Waals surface area (Å²) >= 11 is 0. The van der Waals surface area contributed by atoms with E-state index >= 15 is 0 Å². The maximum Gasteiger partial charge on any atom is 0.0620 e. The fraction of sp³-hybridized carbons (Fsp3) is 1.00. The summed E-state index contributed by atoms with van der Waals surface area (Å²) in [6.45, 7) is 10.8. The van der Waals surface area contributed by atoms with Gasteiger partial charge in [-0.25, -0.2) is 0 Å². The molecule has 0 saturated carbocycles. The van der Waals surface area contributed by atoms with Crippen LogP contribution in [0.2, 0.25) is 0 Å². The van der Waals surface area contributed by atoms with E-state index in [9.17, 15) is 0 Å². The molecule has 1 heterocycles. The van der Waals surface area contributed by atoms with Gasteiger partial charge in [0.15, 0.2) is 0 Å². The predicted octanol–water partition coefficient (Wildman–Crippen LogP) is 1.34. The summed E-state index contributed by atoms with van der Waals surface area (Å²) < 4.78 is 5.44. The molecule has 15 heavy (non-hydrogen) atoms. The van der Waals surface area contributed by atoms with Crippen LogP contribution in [0.25, 0.3) is 0 Å². The van der Waals surface area contributed by atoms with Gasteiger partial charge in [0.2, 0.25) is 0 Å². The van der Waals surface area contributed by atoms with Gasteiger partial charge in [0.1, 0.15) is 0 Å². The zero-order valence-corrected chi connectivity index (χ0v) is 10.6. The molecule has 0 spiro atoms. The van der Waals surface area contributed by atoms with Gasteiger partial charge in [-0.15, -0.1) is 0 Å². The van der Waals surface area contributed by atoms with Crippen LogP contribution in [-0.2, 0) is 4.74 Å². The first-order chi connectivity index (χ1) is 7.11. The highest BCUT2D eigenvalue weighted by molar-refractivity contribution is 4.74. The van der Waals surface area contributed by atoms with Crippen molar-refractivity contribution in [1.29, 1.82) is 0 Å². The molecule has 2 unspecified atom stereocenters. The summed E-state index contributed by atoms with van der Waals surface area (Å²) in [5.74, 6) is 0.727. The Bertz CT molecular complexity index is 167. The quantitative estimate of drug-likeness (QED) is 0.747. The molecular formula is C12H26N2O. The van der Waals surface area contributed by atoms with Crippen LogP contribution >= 0.6 is 0 Å². The van der Waals surface area contributed by atoms with E-state index in [0.717, 1.165) is 32.2 Å². The second-order valence-electron chi connectivity index (χ2n) is 4.98. The molecule has 1 saturated heterocycles. The highest BCUT2D eigenvalue weighted by Crippen LogP contribution is 2.09. The molecule has 1 aliphatic rings. The molecule has 90 valence electrons. The van der Waals surface area contributed by atoms with Crippen LogP contribution in [0.1, 0.15) is 27.2 Å². The van der Waals surface area contributed by atoms with E-state index in [4.69, 9.17) is 4.74 Å². The third-order valence-corrected chi connectivity index (χ3v) is 3.49. The van der Waals surface area contributed by atoms with Gasteiger partial charge < -0.3 is 15.0 Å². The van der Waals surface area contributed by atoms with Crippen LogP contribution in [0.3, 0.4) is 0 Å². The lowest BCUT2D eigenvalue weighted by Gasteiger charge is -2.30. The Morgan fingerprint density at radius 1 is 1.40 bits per heavy atom. The molecule has 3 heteroatoms. The maximum absolute atomic E-state index is 5.44. The number of morpholine rings is 1. The molecule has 0 aliphatic carbocycles. The average molecular weight is 214 g/mol. The van der Waals surface area contributed by atoms with Gasteiger partial charge in [0.25, 0.3) is 0 Å². The molecule has 0 aromatic carbocycles. The summed E-state index contributed by atoms with van der Waals surface area (Å²) in [5, 5.41) is 3.49. The number of rotatable bonds is 5. The Morgan fingerprint density at radius 2 is 2.13 bits per heavy atom. The largest absolute Gasteiger partial charge is 0.379 e. The lowest BCUT2D eigenvalue weighted by molar-refractivity contribution is 0.0683. The zero-order valence-electron chi connectivity index (χ0n) is 10.6. The highest BCUT2D eigenvalue weighted by atomic mass is 16.5. The summed E-state index contributed by atoms with van der Waals surface area (Å²) in [6.07, 6.45) is 1.19. The summed E-state index contributed by atoms with van der Waals surface area (Å²) in [5.41, 5.74) is 0. The SMILES string of the molecule is CC(C)C(C)N(C)CCC1COCCN1. The third-order valence-electron chi connectivity index (χ3n) is 3.49. The van der Waals surface area contributed by atoms with Crippen molar-refractivity contribution in [2.75, 3.05) is 33.4 Å². The summed E-state index contributed by atoms with van der Waals surface area (Å²) in [6, 6.07) is 1.22. The minimum Gasteiger partial charge on any atom is -0.379 e. The number of nitrogens with one attached hydrogen (secondary N) is 1. The van der Waals surface area contributed by atoms with Crippen molar-refractivity contribution in [3.63, 3.8) is 0 Å². The van der Waals surface area contributed by atoms with Crippen LogP contribution in [0.4, 0.5) is 0 Å². The number of hydrogen-bond acceptors (Lipinski definition) is 3. The Balaban J connectivity index is 2.17. The molecule has 1 N–H and O–H groups in total. The van der Waals surface area contributed by atoms with Crippen molar-refractivity contribution >= 4 is 0 Å². The van der Waals surface area contributed by atoms with E-state index in [1.54, 1.807) is 0 Å². The normalized spacial score (nSPS) is 24.8. The zero-order chi connectivity index (χ0) is 11.3. The molecule has 1 fully saturated rings. The van der Waals surface area contributed by atoms with Crippen molar-refractivity contribution in [3.8, 4) is 0 Å². The monoisotopic (exact) mass is 214 g/mol. The molecule has 0 aromatic heterocycles. The van der Waals surface area contributed by atoms with E-state index in [1.807, 2.05) is 0 Å². The van der Waals surface area contributed by atoms with Gasteiger partial charge in [0.05, 0.1) is 13.2 Å². The van der Waals surface area contributed by atoms with Crippen molar-refractivity contribution in [2.24, 2.45) is 5.92 Å². The second-order valence-corrected chi connectivity index (χ2v) is 4.98. The minimum absolute atomic E-state index is 0.556. The summed E-state index contributed by atoms with van der Waals surface area (Å²) in [4.78, 5) is 2.45. The van der Waals surface area contributed by atoms with Gasteiger partial charge in [-0.2, -0.15) is 0 Å². The van der Waals surface area contributed by atoms with E-state index < -0.39 is 0 Å². The van der Waals surface area contributed by atoms with Crippen molar-refractivity contribution < 1.29 is 4.74 Å². The molecule has 2 atom stereocenters. The Labute approximate surface area is 94.2 Å². The van der Waals surface area contributed by atoms with E-state index in [-0.39, 0.29) is 0 Å². The first kappa shape index (κ1) is 12.9. The fourth-order valence-electron chi connectivity index (χ4n) is 1.88. The molecular weight excluding hydrogens is 188 g/mol. The lowest BCUT2D eigenvalue weighted by atomic mass is 10.0.